The van der Waals surface area contributed by atoms with Gasteiger partial charge >= 0.3 is 7.32 Å². The molecule has 0 aliphatic carbocycles. The van der Waals surface area contributed by atoms with Gasteiger partial charge < -0.3 is 14.5 Å². The monoisotopic (exact) mass is 145 g/mol. The number of hydrogen-bond acceptors (Lipinski definition) is 3. The van der Waals surface area contributed by atoms with Gasteiger partial charge in [-0.05, 0) is 9.47 Å². The minimum absolute atomic E-state index is 0. The normalized spacial score (nSPS) is 6.50. The van der Waals surface area contributed by atoms with E-state index in [0.29, 0.717) is 0 Å². The second-order valence-electron chi connectivity index (χ2n) is 0.462. The summed E-state index contributed by atoms with van der Waals surface area (Å²) < 4.78 is 3.78. The third-order valence-corrected chi connectivity index (χ3v) is 0.365. The van der Waals surface area contributed by atoms with Crippen molar-refractivity contribution in [1.29, 1.82) is 0 Å². The summed E-state index contributed by atoms with van der Waals surface area (Å²) in [7, 11) is 0.0417. The first-order valence-corrected chi connectivity index (χ1v) is 1.46. The van der Waals surface area contributed by atoms with Crippen LogP contribution in [0.15, 0.2) is 0 Å². The van der Waals surface area contributed by atoms with E-state index in [4.69, 9.17) is 10.0 Å². The molecular formula is H4BO3PV. The van der Waals surface area contributed by atoms with Gasteiger partial charge in [0.25, 0.3) is 0 Å². The zero-order valence-electron chi connectivity index (χ0n) is 2.90. The second kappa shape index (κ2) is 5.96. The molecular weight excluding hydrogens is 141 g/mol. The van der Waals surface area contributed by atoms with Crippen LogP contribution in [0.5, 0.6) is 0 Å². The Morgan fingerprint density at radius 3 is 1.67 bits per heavy atom. The van der Waals surface area contributed by atoms with Gasteiger partial charge in [-0.1, -0.05) is 0 Å². The molecule has 2 N–H and O–H groups in total. The van der Waals surface area contributed by atoms with E-state index in [2.05, 4.69) is 4.44 Å². The quantitative estimate of drug-likeness (QED) is 0.358. The molecule has 0 fully saturated rings. The van der Waals surface area contributed by atoms with Gasteiger partial charge in [0.1, 0.15) is 0 Å². The minimum Gasteiger partial charge on any atom is -0.402 e. The average Bonchev–Trinajstić information content (AvgIpc) is 1.38. The molecule has 0 amide bonds. The molecule has 0 aromatic rings. The molecule has 3 nitrogen and oxygen atoms in total. The molecule has 6 heteroatoms. The predicted octanol–water partition coefficient (Wildman–Crippen LogP) is -1.24. The molecule has 6 heavy (non-hydrogen) atoms. The van der Waals surface area contributed by atoms with Gasteiger partial charge in [-0.3, -0.25) is 0 Å². The largest absolute Gasteiger partial charge is 0.636 e. The summed E-state index contributed by atoms with van der Waals surface area (Å²) in [4.78, 5) is 0. The van der Waals surface area contributed by atoms with Crippen molar-refractivity contribution < 1.29 is 33.0 Å². The summed E-state index contributed by atoms with van der Waals surface area (Å²) in [6, 6.07) is 0. The van der Waals surface area contributed by atoms with Gasteiger partial charge in [0.05, 0.1) is 0 Å². The van der Waals surface area contributed by atoms with E-state index in [0.717, 1.165) is 0 Å². The fourth-order valence-electron chi connectivity index (χ4n) is 0. The molecule has 0 aliphatic heterocycles. The molecule has 1 unspecified atom stereocenters. The molecule has 0 aromatic heterocycles. The molecule has 0 aliphatic rings. The zero-order chi connectivity index (χ0) is 4.28. The van der Waals surface area contributed by atoms with Crippen LogP contribution in [0.1, 0.15) is 0 Å². The van der Waals surface area contributed by atoms with E-state index in [9.17, 15) is 0 Å². The van der Waals surface area contributed by atoms with Crippen molar-refractivity contribution in [2.75, 3.05) is 0 Å². The first kappa shape index (κ1) is 10.0. The van der Waals surface area contributed by atoms with E-state index < -0.39 is 7.32 Å². The fourth-order valence-corrected chi connectivity index (χ4v) is 0. The maximum atomic E-state index is 7.67. The van der Waals surface area contributed by atoms with Crippen molar-refractivity contribution in [2.45, 2.75) is 0 Å². The molecule has 1 atom stereocenters. The maximum Gasteiger partial charge on any atom is 0.636 e. The molecule has 0 heterocycles. The third kappa shape index (κ3) is 8.88. The Hall–Kier alpha value is 0.959. The van der Waals surface area contributed by atoms with Crippen molar-refractivity contribution in [2.24, 2.45) is 0 Å². The van der Waals surface area contributed by atoms with Crippen LogP contribution in [0.4, 0.5) is 0 Å². The molecule has 0 saturated heterocycles. The fraction of sp³-hybridized carbons (Fsp3) is 0. The summed E-state index contributed by atoms with van der Waals surface area (Å²) in [5.74, 6) is 0. The van der Waals surface area contributed by atoms with Gasteiger partial charge in [0.15, 0.2) is 0 Å². The van der Waals surface area contributed by atoms with Crippen LogP contribution in [0, 0.1) is 0 Å². The van der Waals surface area contributed by atoms with E-state index in [1.807, 2.05) is 0 Å². The van der Waals surface area contributed by atoms with Gasteiger partial charge in [-0.2, -0.15) is 0 Å². The number of hydrogen-bond donors (Lipinski definition) is 2. The summed E-state index contributed by atoms with van der Waals surface area (Å²) >= 11 is 0. The molecule has 0 bridgehead atoms. The Morgan fingerprint density at radius 2 is 1.67 bits per heavy atom. The molecule has 35 valence electrons. The Balaban J connectivity index is 0. The summed E-state index contributed by atoms with van der Waals surface area (Å²) in [6.45, 7) is 0. The Labute approximate surface area is 50.4 Å². The van der Waals surface area contributed by atoms with Crippen molar-refractivity contribution in [1.82, 2.24) is 0 Å². The van der Waals surface area contributed by atoms with Gasteiger partial charge in [0.2, 0.25) is 0 Å². The molecule has 0 aromatic carbocycles. The maximum absolute atomic E-state index is 7.67. The van der Waals surface area contributed by atoms with Crippen LogP contribution in [0.3, 0.4) is 0 Å². The van der Waals surface area contributed by atoms with Crippen LogP contribution in [0.2, 0.25) is 0 Å². The van der Waals surface area contributed by atoms with Crippen molar-refractivity contribution in [3.05, 3.63) is 0 Å². The molecule has 0 spiro atoms. The van der Waals surface area contributed by atoms with E-state index in [1.54, 1.807) is 9.47 Å². The van der Waals surface area contributed by atoms with Crippen LogP contribution in [-0.2, 0) is 23.0 Å². The number of rotatable bonds is 1. The van der Waals surface area contributed by atoms with Gasteiger partial charge in [-0.15, -0.1) is 0 Å². The topological polar surface area (TPSA) is 49.7 Å². The van der Waals surface area contributed by atoms with E-state index in [-0.39, 0.29) is 18.6 Å². The molecule has 0 rings (SSSR count). The summed E-state index contributed by atoms with van der Waals surface area (Å²) in [6.07, 6.45) is 0. The molecule has 0 saturated carbocycles. The first-order valence-electron chi connectivity index (χ1n) is 0.988. The zero-order valence-corrected chi connectivity index (χ0v) is 5.46. The Kier molecular flexibility index (Phi) is 9.98. The standard InChI is InChI=1S/BH4O3P.V/c2-1(3)4-5;/h2-3H,5H2;. The van der Waals surface area contributed by atoms with Crippen LogP contribution < -0.4 is 0 Å². The minimum atomic E-state index is -1.65. The smallest absolute Gasteiger partial charge is 0.402 e. The van der Waals surface area contributed by atoms with Crippen molar-refractivity contribution >= 4 is 16.8 Å². The Bertz CT molecular complexity index is 24.8. The Morgan fingerprint density at radius 1 is 1.50 bits per heavy atom. The first-order chi connectivity index (χ1) is 2.27. The summed E-state index contributed by atoms with van der Waals surface area (Å²) in [5.41, 5.74) is 0. The third-order valence-electron chi connectivity index (χ3n) is 0.122. The second-order valence-corrected chi connectivity index (χ2v) is 0.735. The van der Waals surface area contributed by atoms with Crippen LogP contribution >= 0.6 is 9.47 Å². The average molecular weight is 145 g/mol. The molecule has 1 radical (unpaired) electrons. The predicted molar refractivity (Wildman–Crippen MR) is 21.0 cm³/mol. The van der Waals surface area contributed by atoms with Crippen molar-refractivity contribution in [3.8, 4) is 0 Å². The van der Waals surface area contributed by atoms with Crippen LogP contribution in [-0.4, -0.2) is 17.4 Å². The van der Waals surface area contributed by atoms with Crippen molar-refractivity contribution in [3.63, 3.8) is 0 Å². The summed E-state index contributed by atoms with van der Waals surface area (Å²) in [5, 5.41) is 15.3. The van der Waals surface area contributed by atoms with Gasteiger partial charge in [0, 0.05) is 18.6 Å². The van der Waals surface area contributed by atoms with Crippen LogP contribution in [0.25, 0.3) is 0 Å². The van der Waals surface area contributed by atoms with E-state index in [1.165, 1.54) is 0 Å². The van der Waals surface area contributed by atoms with Gasteiger partial charge in [-0.25, -0.2) is 0 Å². The SMILES string of the molecule is OB(O)OP.[V]. The van der Waals surface area contributed by atoms with E-state index >= 15 is 0 Å².